The Balaban J connectivity index is 1.86. The molecular formula is C16H25N3OS. The summed E-state index contributed by atoms with van der Waals surface area (Å²) in [6.45, 7) is 1.58. The van der Waals surface area contributed by atoms with Crippen molar-refractivity contribution in [2.45, 2.75) is 31.3 Å². The van der Waals surface area contributed by atoms with Crippen LogP contribution in [0.3, 0.4) is 0 Å². The molecule has 0 spiro atoms. The highest BCUT2D eigenvalue weighted by Crippen LogP contribution is 2.17. The molecule has 5 heteroatoms. The molecule has 1 amide bonds. The number of benzene rings is 1. The lowest BCUT2D eigenvalue weighted by atomic mass is 10.0. The minimum atomic E-state index is -0.354. The Morgan fingerprint density at radius 2 is 2.24 bits per heavy atom. The molecule has 0 aromatic heterocycles. The van der Waals surface area contributed by atoms with Crippen LogP contribution in [0.5, 0.6) is 0 Å². The molecule has 2 rings (SSSR count). The number of piperidine rings is 1. The number of amides is 1. The van der Waals surface area contributed by atoms with Crippen LogP contribution in [-0.2, 0) is 4.79 Å². The maximum Gasteiger partial charge on any atom is 0.239 e. The van der Waals surface area contributed by atoms with E-state index in [-0.39, 0.29) is 11.9 Å². The lowest BCUT2D eigenvalue weighted by Gasteiger charge is -2.35. The fourth-order valence-electron chi connectivity index (χ4n) is 2.67. The van der Waals surface area contributed by atoms with Crippen LogP contribution in [0.25, 0.3) is 0 Å². The quantitative estimate of drug-likeness (QED) is 0.845. The van der Waals surface area contributed by atoms with Crippen molar-refractivity contribution in [2.75, 3.05) is 30.4 Å². The maximum atomic E-state index is 12.4. The Morgan fingerprint density at radius 1 is 1.48 bits per heavy atom. The van der Waals surface area contributed by atoms with Gasteiger partial charge in [0.05, 0.1) is 6.04 Å². The van der Waals surface area contributed by atoms with Gasteiger partial charge in [0.1, 0.15) is 0 Å². The highest BCUT2D eigenvalue weighted by molar-refractivity contribution is 7.98. The van der Waals surface area contributed by atoms with Crippen LogP contribution in [-0.4, -0.2) is 48.0 Å². The van der Waals surface area contributed by atoms with Crippen molar-refractivity contribution in [3.63, 3.8) is 0 Å². The number of likely N-dealkylation sites (tertiary alicyclic amines) is 1. The third kappa shape index (κ3) is 4.93. The Bertz CT molecular complexity index is 440. The number of rotatable bonds is 6. The summed E-state index contributed by atoms with van der Waals surface area (Å²) >= 11 is 1.73. The highest BCUT2D eigenvalue weighted by atomic mass is 32.2. The smallest absolute Gasteiger partial charge is 0.239 e. The molecule has 116 valence electrons. The first-order valence-corrected chi connectivity index (χ1v) is 8.95. The maximum absolute atomic E-state index is 12.4. The number of nitrogens with one attached hydrogen (secondary N) is 1. The molecule has 2 atom stereocenters. The predicted octanol–water partition coefficient (Wildman–Crippen LogP) is 2.17. The summed E-state index contributed by atoms with van der Waals surface area (Å²) in [7, 11) is 0. The summed E-state index contributed by atoms with van der Waals surface area (Å²) in [4.78, 5) is 14.3. The van der Waals surface area contributed by atoms with Gasteiger partial charge in [0.2, 0.25) is 5.91 Å². The van der Waals surface area contributed by atoms with E-state index in [0.29, 0.717) is 6.04 Å². The van der Waals surface area contributed by atoms with Gasteiger partial charge in [-0.25, -0.2) is 0 Å². The molecule has 1 aromatic carbocycles. The largest absolute Gasteiger partial charge is 0.381 e. The second-order valence-electron chi connectivity index (χ2n) is 5.52. The number of para-hydroxylation sites is 1. The summed E-state index contributed by atoms with van der Waals surface area (Å²) in [5, 5.41) is 3.51. The molecule has 2 unspecified atom stereocenters. The van der Waals surface area contributed by atoms with Gasteiger partial charge in [-0.1, -0.05) is 18.2 Å². The van der Waals surface area contributed by atoms with Crippen LogP contribution in [0.15, 0.2) is 30.3 Å². The van der Waals surface area contributed by atoms with Crippen molar-refractivity contribution in [2.24, 2.45) is 5.73 Å². The molecule has 21 heavy (non-hydrogen) atoms. The average molecular weight is 307 g/mol. The number of hydrogen-bond donors (Lipinski definition) is 2. The lowest BCUT2D eigenvalue weighted by molar-refractivity contribution is -0.133. The molecule has 0 aliphatic carbocycles. The number of carbonyl (C=O) groups is 1. The van der Waals surface area contributed by atoms with Crippen LogP contribution in [0.2, 0.25) is 0 Å². The monoisotopic (exact) mass is 307 g/mol. The van der Waals surface area contributed by atoms with Gasteiger partial charge in [-0.05, 0) is 43.4 Å². The molecule has 1 fully saturated rings. The van der Waals surface area contributed by atoms with Gasteiger partial charge in [0.15, 0.2) is 0 Å². The van der Waals surface area contributed by atoms with Gasteiger partial charge in [0.25, 0.3) is 0 Å². The molecule has 1 aromatic rings. The standard InChI is InChI=1S/C16H25N3OS/c1-21-11-9-15(17)16(20)19-10-5-8-14(12-19)18-13-6-3-2-4-7-13/h2-4,6-7,14-15,18H,5,8-12,17H2,1H3. The van der Waals surface area contributed by atoms with Gasteiger partial charge in [-0.3, -0.25) is 4.79 Å². The molecule has 0 radical (unpaired) electrons. The van der Waals surface area contributed by atoms with E-state index in [9.17, 15) is 4.79 Å². The molecule has 0 bridgehead atoms. The van der Waals surface area contributed by atoms with E-state index < -0.39 is 0 Å². The van der Waals surface area contributed by atoms with E-state index in [2.05, 4.69) is 17.4 Å². The van der Waals surface area contributed by atoms with Crippen molar-refractivity contribution in [1.29, 1.82) is 0 Å². The van der Waals surface area contributed by atoms with Crippen LogP contribution in [0.1, 0.15) is 19.3 Å². The van der Waals surface area contributed by atoms with E-state index in [0.717, 1.165) is 43.8 Å². The Kier molecular flexibility index (Phi) is 6.39. The number of thioether (sulfide) groups is 1. The van der Waals surface area contributed by atoms with E-state index in [4.69, 9.17) is 5.73 Å². The summed E-state index contributed by atoms with van der Waals surface area (Å²) < 4.78 is 0. The Morgan fingerprint density at radius 3 is 2.95 bits per heavy atom. The van der Waals surface area contributed by atoms with E-state index >= 15 is 0 Å². The third-order valence-electron chi connectivity index (χ3n) is 3.83. The number of anilines is 1. The van der Waals surface area contributed by atoms with Crippen molar-refractivity contribution in [3.8, 4) is 0 Å². The van der Waals surface area contributed by atoms with Gasteiger partial charge in [-0.15, -0.1) is 0 Å². The minimum Gasteiger partial charge on any atom is -0.381 e. The zero-order valence-corrected chi connectivity index (χ0v) is 13.4. The Labute approximate surface area is 131 Å². The van der Waals surface area contributed by atoms with Gasteiger partial charge < -0.3 is 16.0 Å². The average Bonchev–Trinajstić information content (AvgIpc) is 2.53. The van der Waals surface area contributed by atoms with Crippen LogP contribution in [0, 0.1) is 0 Å². The summed E-state index contributed by atoms with van der Waals surface area (Å²) in [5.74, 6) is 1.04. The number of nitrogens with zero attached hydrogens (tertiary/aromatic N) is 1. The zero-order chi connectivity index (χ0) is 15.1. The van der Waals surface area contributed by atoms with Crippen LogP contribution in [0.4, 0.5) is 5.69 Å². The third-order valence-corrected chi connectivity index (χ3v) is 4.47. The molecule has 1 aliphatic rings. The Hall–Kier alpha value is -1.20. The molecule has 1 heterocycles. The van der Waals surface area contributed by atoms with Gasteiger partial charge >= 0.3 is 0 Å². The number of carbonyl (C=O) groups excluding carboxylic acids is 1. The first-order valence-electron chi connectivity index (χ1n) is 7.55. The van der Waals surface area contributed by atoms with E-state index in [1.807, 2.05) is 29.4 Å². The topological polar surface area (TPSA) is 58.4 Å². The second kappa shape index (κ2) is 8.29. The highest BCUT2D eigenvalue weighted by Gasteiger charge is 2.26. The first-order chi connectivity index (χ1) is 10.2. The van der Waals surface area contributed by atoms with Crippen molar-refractivity contribution >= 4 is 23.4 Å². The molecule has 1 aliphatic heterocycles. The second-order valence-corrected chi connectivity index (χ2v) is 6.51. The summed E-state index contributed by atoms with van der Waals surface area (Å²) in [6.07, 6.45) is 4.93. The van der Waals surface area contributed by atoms with Gasteiger partial charge in [-0.2, -0.15) is 11.8 Å². The van der Waals surface area contributed by atoms with Crippen LogP contribution < -0.4 is 11.1 Å². The number of hydrogen-bond acceptors (Lipinski definition) is 4. The van der Waals surface area contributed by atoms with Crippen molar-refractivity contribution in [1.82, 2.24) is 4.90 Å². The van der Waals surface area contributed by atoms with Crippen molar-refractivity contribution in [3.05, 3.63) is 30.3 Å². The lowest BCUT2D eigenvalue weighted by Crippen LogP contribution is -2.51. The van der Waals surface area contributed by atoms with Crippen molar-refractivity contribution < 1.29 is 4.79 Å². The zero-order valence-electron chi connectivity index (χ0n) is 12.6. The SMILES string of the molecule is CSCCC(N)C(=O)N1CCCC(Nc2ccccc2)C1. The fourth-order valence-corrected chi connectivity index (χ4v) is 3.16. The fraction of sp³-hybridized carbons (Fsp3) is 0.562. The summed E-state index contributed by atoms with van der Waals surface area (Å²) in [6, 6.07) is 10.1. The number of nitrogens with two attached hydrogens (primary N) is 1. The normalized spacial score (nSPS) is 20.1. The van der Waals surface area contributed by atoms with E-state index in [1.54, 1.807) is 11.8 Å². The molecular weight excluding hydrogens is 282 g/mol. The van der Waals surface area contributed by atoms with Crippen LogP contribution >= 0.6 is 11.8 Å². The molecule has 1 saturated heterocycles. The van der Waals surface area contributed by atoms with Gasteiger partial charge in [0, 0.05) is 24.8 Å². The molecule has 4 nitrogen and oxygen atoms in total. The first kappa shape index (κ1) is 16.2. The summed E-state index contributed by atoms with van der Waals surface area (Å²) in [5.41, 5.74) is 7.12. The predicted molar refractivity (Wildman–Crippen MR) is 90.6 cm³/mol. The minimum absolute atomic E-state index is 0.101. The van der Waals surface area contributed by atoms with E-state index in [1.165, 1.54) is 0 Å². The molecule has 0 saturated carbocycles. The molecule has 3 N–H and O–H groups in total.